The third-order valence-electron chi connectivity index (χ3n) is 3.53. The number of imide groups is 1. The first kappa shape index (κ1) is 11.5. The van der Waals surface area contributed by atoms with Gasteiger partial charge in [-0.3, -0.25) is 14.9 Å². The first-order valence-electron chi connectivity index (χ1n) is 5.66. The van der Waals surface area contributed by atoms with Crippen LogP contribution in [0, 0.1) is 0 Å². The summed E-state index contributed by atoms with van der Waals surface area (Å²) in [5, 5.41) is 6.51. The molecule has 0 spiro atoms. The van der Waals surface area contributed by atoms with Crippen LogP contribution in [0.1, 0.15) is 25.3 Å². The number of nitrogens with two attached hydrogens (primary N) is 1. The number of amides is 2. The number of hydrogen-bond donors (Lipinski definition) is 2. The number of anilines is 1. The van der Waals surface area contributed by atoms with E-state index in [-0.39, 0.29) is 11.8 Å². The Morgan fingerprint density at radius 1 is 1.56 bits per heavy atom. The number of piperidine rings is 1. The maximum absolute atomic E-state index is 12.0. The minimum atomic E-state index is -0.822. The molecular weight excluding hydrogens is 254 g/mol. The Kier molecular flexibility index (Phi) is 2.36. The molecular formula is C11H13N3O3S. The van der Waals surface area contributed by atoms with E-state index in [0.717, 1.165) is 5.56 Å². The van der Waals surface area contributed by atoms with Crippen molar-refractivity contribution in [2.24, 2.45) is 0 Å². The van der Waals surface area contributed by atoms with Crippen molar-refractivity contribution in [3.05, 3.63) is 10.9 Å². The topological polar surface area (TPSA) is 84.7 Å². The summed E-state index contributed by atoms with van der Waals surface area (Å²) in [5.41, 5.74) is 5.94. The number of nitrogens with one attached hydrogen (secondary N) is 1. The quantitative estimate of drug-likeness (QED) is 0.729. The molecule has 2 amide bonds. The highest BCUT2D eigenvalue weighted by Crippen LogP contribution is 2.41. The molecule has 7 heteroatoms. The third-order valence-corrected chi connectivity index (χ3v) is 4.36. The van der Waals surface area contributed by atoms with Gasteiger partial charge in [0.15, 0.2) is 5.75 Å². The molecule has 1 aromatic heterocycles. The van der Waals surface area contributed by atoms with Crippen molar-refractivity contribution < 1.29 is 14.4 Å². The van der Waals surface area contributed by atoms with Gasteiger partial charge in [-0.25, -0.2) is 0 Å². The van der Waals surface area contributed by atoms with E-state index in [9.17, 15) is 9.59 Å². The van der Waals surface area contributed by atoms with Gasteiger partial charge in [-0.1, -0.05) is 0 Å². The maximum Gasteiger partial charge on any atom is 0.250 e. The Morgan fingerprint density at radius 3 is 3.00 bits per heavy atom. The molecule has 1 fully saturated rings. The van der Waals surface area contributed by atoms with Crippen LogP contribution in [-0.4, -0.2) is 22.4 Å². The minimum absolute atomic E-state index is 0.231. The van der Waals surface area contributed by atoms with E-state index in [4.69, 9.17) is 10.6 Å². The number of hydrogen-bond acceptors (Lipinski definition) is 6. The van der Waals surface area contributed by atoms with Crippen LogP contribution < -0.4 is 15.9 Å². The molecule has 6 nitrogen and oxygen atoms in total. The lowest BCUT2D eigenvalue weighted by atomic mass is 9.90. The highest BCUT2D eigenvalue weighted by molar-refractivity contribution is 7.14. The van der Waals surface area contributed by atoms with Crippen LogP contribution in [0.5, 0.6) is 5.75 Å². The number of thiophene rings is 1. The molecule has 0 saturated carbocycles. The fourth-order valence-electron chi connectivity index (χ4n) is 2.22. The summed E-state index contributed by atoms with van der Waals surface area (Å²) >= 11 is 1.43. The van der Waals surface area contributed by atoms with Crippen molar-refractivity contribution in [1.29, 1.82) is 0 Å². The summed E-state index contributed by atoms with van der Waals surface area (Å²) in [5.74, 6) is 0.167. The fourth-order valence-corrected chi connectivity index (χ4v) is 2.94. The van der Waals surface area contributed by atoms with Gasteiger partial charge < -0.3 is 10.6 Å². The van der Waals surface area contributed by atoms with E-state index in [1.165, 1.54) is 11.3 Å². The summed E-state index contributed by atoms with van der Waals surface area (Å²) < 4.78 is 0. The summed E-state index contributed by atoms with van der Waals surface area (Å²) in [6, 6.07) is 0. The SMILES string of the molecule is C[C@@]1(N2Cc3c(csc3N)O2)CCC(=O)NC1=O. The first-order chi connectivity index (χ1) is 8.50. The third kappa shape index (κ3) is 1.51. The molecule has 0 unspecified atom stereocenters. The summed E-state index contributed by atoms with van der Waals surface area (Å²) in [6.45, 7) is 2.25. The van der Waals surface area contributed by atoms with Crippen LogP contribution in [0.3, 0.4) is 0 Å². The largest absolute Gasteiger partial charge is 0.403 e. The predicted molar refractivity (Wildman–Crippen MR) is 65.7 cm³/mol. The standard InChI is InChI=1S/C11H13N3O3S/c1-11(3-2-8(15)13-10(11)16)14-4-6-7(17-14)5-18-9(6)12/h5H,2-4,12H2,1H3,(H,13,15,16)/t11-/m1/s1. The molecule has 2 aliphatic heterocycles. The van der Waals surface area contributed by atoms with Crippen molar-refractivity contribution in [3.63, 3.8) is 0 Å². The Morgan fingerprint density at radius 2 is 2.33 bits per heavy atom. The second-order valence-electron chi connectivity index (χ2n) is 4.72. The number of rotatable bonds is 1. The van der Waals surface area contributed by atoms with E-state index < -0.39 is 5.54 Å². The zero-order chi connectivity index (χ0) is 12.9. The summed E-state index contributed by atoms with van der Waals surface area (Å²) in [7, 11) is 0. The van der Waals surface area contributed by atoms with Crippen LogP contribution in [0.2, 0.25) is 0 Å². The van der Waals surface area contributed by atoms with E-state index in [2.05, 4.69) is 5.32 Å². The Hall–Kier alpha value is -1.60. The van der Waals surface area contributed by atoms with Crippen LogP contribution in [0.25, 0.3) is 0 Å². The molecule has 0 radical (unpaired) electrons. The zero-order valence-corrected chi connectivity index (χ0v) is 10.7. The van der Waals surface area contributed by atoms with E-state index >= 15 is 0 Å². The average Bonchev–Trinajstić information content (AvgIpc) is 2.88. The molecule has 3 heterocycles. The number of nitrogen functional groups attached to an aromatic ring is 1. The summed E-state index contributed by atoms with van der Waals surface area (Å²) in [4.78, 5) is 28.8. The van der Waals surface area contributed by atoms with Gasteiger partial charge >= 0.3 is 0 Å². The van der Waals surface area contributed by atoms with Gasteiger partial charge in [-0.05, 0) is 13.3 Å². The number of carbonyl (C=O) groups is 2. The van der Waals surface area contributed by atoms with Crippen LogP contribution in [-0.2, 0) is 16.1 Å². The second-order valence-corrected chi connectivity index (χ2v) is 5.63. The molecule has 0 bridgehead atoms. The van der Waals surface area contributed by atoms with Gasteiger partial charge in [0.2, 0.25) is 11.8 Å². The van der Waals surface area contributed by atoms with E-state index in [0.29, 0.717) is 30.1 Å². The zero-order valence-electron chi connectivity index (χ0n) is 9.86. The lowest BCUT2D eigenvalue weighted by Gasteiger charge is -2.37. The number of nitrogens with zero attached hydrogens (tertiary/aromatic N) is 1. The van der Waals surface area contributed by atoms with Gasteiger partial charge in [0, 0.05) is 17.4 Å². The van der Waals surface area contributed by atoms with E-state index in [1.54, 1.807) is 12.0 Å². The molecule has 0 aromatic carbocycles. The minimum Gasteiger partial charge on any atom is -0.403 e. The smallest absolute Gasteiger partial charge is 0.250 e. The monoisotopic (exact) mass is 267 g/mol. The van der Waals surface area contributed by atoms with Crippen molar-refractivity contribution >= 4 is 28.2 Å². The van der Waals surface area contributed by atoms with Crippen molar-refractivity contribution in [3.8, 4) is 5.75 Å². The molecule has 96 valence electrons. The highest BCUT2D eigenvalue weighted by Gasteiger charge is 2.47. The molecule has 3 N–H and O–H groups in total. The van der Waals surface area contributed by atoms with Crippen LogP contribution in [0.4, 0.5) is 5.00 Å². The average molecular weight is 267 g/mol. The van der Waals surface area contributed by atoms with Crippen LogP contribution in [0.15, 0.2) is 5.38 Å². The maximum atomic E-state index is 12.0. The van der Waals surface area contributed by atoms with Crippen molar-refractivity contribution in [2.45, 2.75) is 31.8 Å². The number of fused-ring (bicyclic) bond motifs is 1. The lowest BCUT2D eigenvalue weighted by molar-refractivity contribution is -0.169. The molecule has 0 aliphatic carbocycles. The fraction of sp³-hybridized carbons (Fsp3) is 0.455. The molecule has 2 aliphatic rings. The molecule has 1 aromatic rings. The molecule has 1 atom stereocenters. The predicted octanol–water partition coefficient (Wildman–Crippen LogP) is 0.635. The van der Waals surface area contributed by atoms with Gasteiger partial charge in [0.25, 0.3) is 0 Å². The first-order valence-corrected chi connectivity index (χ1v) is 6.54. The Labute approximate surface area is 108 Å². The van der Waals surface area contributed by atoms with Crippen molar-refractivity contribution in [2.75, 3.05) is 5.73 Å². The summed E-state index contributed by atoms with van der Waals surface area (Å²) in [6.07, 6.45) is 0.774. The normalized spacial score (nSPS) is 27.8. The van der Waals surface area contributed by atoms with E-state index in [1.807, 2.05) is 5.38 Å². The van der Waals surface area contributed by atoms with Gasteiger partial charge in [0.05, 0.1) is 11.5 Å². The second kappa shape index (κ2) is 3.69. The number of carbonyl (C=O) groups excluding carboxylic acids is 2. The highest BCUT2D eigenvalue weighted by atomic mass is 32.1. The molecule has 3 rings (SSSR count). The lowest BCUT2D eigenvalue weighted by Crippen LogP contribution is -2.60. The number of hydroxylamine groups is 2. The van der Waals surface area contributed by atoms with Crippen molar-refractivity contribution in [1.82, 2.24) is 10.4 Å². The Balaban J connectivity index is 1.85. The molecule has 1 saturated heterocycles. The Bertz CT molecular complexity index is 542. The van der Waals surface area contributed by atoms with Gasteiger partial charge in [-0.15, -0.1) is 16.4 Å². The molecule has 18 heavy (non-hydrogen) atoms. The van der Waals surface area contributed by atoms with Gasteiger partial charge in [0.1, 0.15) is 5.54 Å². The van der Waals surface area contributed by atoms with Crippen LogP contribution >= 0.6 is 11.3 Å². The van der Waals surface area contributed by atoms with Gasteiger partial charge in [-0.2, -0.15) is 0 Å².